The number of rotatable bonds is 3. The van der Waals surface area contributed by atoms with Crippen LogP contribution < -0.4 is 5.32 Å². The standard InChI is InChI=1S/C13H14ClN3/c1-9(2)11-12(14)15-8-16-13(11)17-10-6-4-3-5-7-10/h3-9H,1-2H3,(H,15,16,17). The second-order valence-electron chi connectivity index (χ2n) is 4.07. The Hall–Kier alpha value is -1.61. The van der Waals surface area contributed by atoms with E-state index in [0.717, 1.165) is 17.1 Å². The molecule has 0 aliphatic carbocycles. The van der Waals surface area contributed by atoms with Gasteiger partial charge in [0.15, 0.2) is 0 Å². The molecule has 3 nitrogen and oxygen atoms in total. The lowest BCUT2D eigenvalue weighted by atomic mass is 10.1. The van der Waals surface area contributed by atoms with E-state index in [2.05, 4.69) is 29.1 Å². The quantitative estimate of drug-likeness (QED) is 0.834. The fourth-order valence-electron chi connectivity index (χ4n) is 1.64. The van der Waals surface area contributed by atoms with Gasteiger partial charge in [0.25, 0.3) is 0 Å². The molecule has 1 heterocycles. The summed E-state index contributed by atoms with van der Waals surface area (Å²) in [6, 6.07) is 9.89. The summed E-state index contributed by atoms with van der Waals surface area (Å²) in [6.07, 6.45) is 1.47. The highest BCUT2D eigenvalue weighted by Gasteiger charge is 2.13. The maximum absolute atomic E-state index is 6.10. The Labute approximate surface area is 106 Å². The van der Waals surface area contributed by atoms with Gasteiger partial charge in [0, 0.05) is 11.3 Å². The second kappa shape index (κ2) is 5.15. The van der Waals surface area contributed by atoms with E-state index in [4.69, 9.17) is 11.6 Å². The van der Waals surface area contributed by atoms with Gasteiger partial charge in [-0.1, -0.05) is 43.6 Å². The predicted molar refractivity (Wildman–Crippen MR) is 70.9 cm³/mol. The normalized spacial score (nSPS) is 10.6. The summed E-state index contributed by atoms with van der Waals surface area (Å²) in [5.74, 6) is 1.04. The molecule has 0 saturated heterocycles. The maximum Gasteiger partial charge on any atom is 0.138 e. The number of anilines is 2. The molecule has 17 heavy (non-hydrogen) atoms. The van der Waals surface area contributed by atoms with Crippen LogP contribution in [-0.2, 0) is 0 Å². The summed E-state index contributed by atoms with van der Waals surface area (Å²) < 4.78 is 0. The van der Waals surface area contributed by atoms with Crippen molar-refractivity contribution >= 4 is 23.1 Å². The number of aromatic nitrogens is 2. The first-order valence-corrected chi connectivity index (χ1v) is 5.88. The molecule has 0 unspecified atom stereocenters. The fraction of sp³-hybridized carbons (Fsp3) is 0.231. The third-order valence-electron chi connectivity index (χ3n) is 2.45. The van der Waals surface area contributed by atoms with Crippen molar-refractivity contribution in [1.82, 2.24) is 9.97 Å². The number of benzene rings is 1. The minimum absolute atomic E-state index is 0.273. The van der Waals surface area contributed by atoms with Crippen molar-refractivity contribution in [1.29, 1.82) is 0 Å². The van der Waals surface area contributed by atoms with E-state index in [9.17, 15) is 0 Å². The Morgan fingerprint density at radius 2 is 1.82 bits per heavy atom. The fourth-order valence-corrected chi connectivity index (χ4v) is 1.99. The van der Waals surface area contributed by atoms with Crippen LogP contribution in [-0.4, -0.2) is 9.97 Å². The molecule has 1 N–H and O–H groups in total. The van der Waals surface area contributed by atoms with Crippen LogP contribution in [0.3, 0.4) is 0 Å². The SMILES string of the molecule is CC(C)c1c(Cl)ncnc1Nc1ccccc1. The first kappa shape index (κ1) is 11.9. The first-order chi connectivity index (χ1) is 8.18. The average molecular weight is 248 g/mol. The molecule has 2 rings (SSSR count). The van der Waals surface area contributed by atoms with E-state index in [1.54, 1.807) is 0 Å². The van der Waals surface area contributed by atoms with Crippen molar-refractivity contribution in [2.24, 2.45) is 0 Å². The van der Waals surface area contributed by atoms with Gasteiger partial charge >= 0.3 is 0 Å². The Kier molecular flexibility index (Phi) is 3.59. The number of para-hydroxylation sites is 1. The molecule has 0 amide bonds. The molecule has 0 atom stereocenters. The number of hydrogen-bond donors (Lipinski definition) is 1. The molecule has 2 aromatic rings. The summed E-state index contributed by atoms with van der Waals surface area (Å²) in [5, 5.41) is 3.77. The van der Waals surface area contributed by atoms with E-state index in [1.165, 1.54) is 6.33 Å². The molecule has 0 aliphatic heterocycles. The number of hydrogen-bond acceptors (Lipinski definition) is 3. The van der Waals surface area contributed by atoms with Gasteiger partial charge in [-0.25, -0.2) is 9.97 Å². The van der Waals surface area contributed by atoms with Gasteiger partial charge < -0.3 is 5.32 Å². The van der Waals surface area contributed by atoms with Crippen LogP contribution in [0.1, 0.15) is 25.3 Å². The smallest absolute Gasteiger partial charge is 0.138 e. The van der Waals surface area contributed by atoms with E-state index in [1.807, 2.05) is 30.3 Å². The second-order valence-corrected chi connectivity index (χ2v) is 4.43. The lowest BCUT2D eigenvalue weighted by Crippen LogP contribution is -2.02. The van der Waals surface area contributed by atoms with Crippen LogP contribution in [0.2, 0.25) is 5.15 Å². The van der Waals surface area contributed by atoms with Gasteiger partial charge in [-0.15, -0.1) is 0 Å². The van der Waals surface area contributed by atoms with E-state index >= 15 is 0 Å². The first-order valence-electron chi connectivity index (χ1n) is 5.51. The van der Waals surface area contributed by atoms with Crippen molar-refractivity contribution in [2.45, 2.75) is 19.8 Å². The zero-order chi connectivity index (χ0) is 12.3. The highest BCUT2D eigenvalue weighted by atomic mass is 35.5. The zero-order valence-electron chi connectivity index (χ0n) is 9.81. The highest BCUT2D eigenvalue weighted by molar-refractivity contribution is 6.30. The van der Waals surface area contributed by atoms with E-state index in [-0.39, 0.29) is 5.92 Å². The number of halogens is 1. The van der Waals surface area contributed by atoms with Crippen molar-refractivity contribution in [3.8, 4) is 0 Å². The monoisotopic (exact) mass is 247 g/mol. The molecule has 4 heteroatoms. The van der Waals surface area contributed by atoms with Gasteiger partial charge in [0.05, 0.1) is 0 Å². The number of nitrogens with one attached hydrogen (secondary N) is 1. The molecular weight excluding hydrogens is 234 g/mol. The van der Waals surface area contributed by atoms with E-state index in [0.29, 0.717) is 5.15 Å². The molecule has 0 bridgehead atoms. The molecule has 0 radical (unpaired) electrons. The molecule has 0 spiro atoms. The summed E-state index contributed by atoms with van der Waals surface area (Å²) in [4.78, 5) is 8.27. The molecular formula is C13H14ClN3. The Bertz CT molecular complexity index is 497. The molecule has 0 fully saturated rings. The molecule has 0 aliphatic rings. The molecule has 1 aromatic heterocycles. The largest absolute Gasteiger partial charge is 0.340 e. The van der Waals surface area contributed by atoms with Crippen molar-refractivity contribution < 1.29 is 0 Å². The third kappa shape index (κ3) is 2.74. The van der Waals surface area contributed by atoms with Crippen LogP contribution in [0.15, 0.2) is 36.7 Å². The Balaban J connectivity index is 2.36. The minimum Gasteiger partial charge on any atom is -0.340 e. The summed E-state index contributed by atoms with van der Waals surface area (Å²) in [5.41, 5.74) is 1.93. The van der Waals surface area contributed by atoms with Crippen LogP contribution in [0.5, 0.6) is 0 Å². The summed E-state index contributed by atoms with van der Waals surface area (Å²) >= 11 is 6.10. The van der Waals surface area contributed by atoms with Gasteiger partial charge in [0.1, 0.15) is 17.3 Å². The minimum atomic E-state index is 0.273. The maximum atomic E-state index is 6.10. The zero-order valence-corrected chi connectivity index (χ0v) is 10.6. The summed E-state index contributed by atoms with van der Waals surface area (Å²) in [6.45, 7) is 4.14. The van der Waals surface area contributed by atoms with Crippen molar-refractivity contribution in [3.05, 3.63) is 47.4 Å². The average Bonchev–Trinajstić information content (AvgIpc) is 2.30. The van der Waals surface area contributed by atoms with Crippen LogP contribution in [0, 0.1) is 0 Å². The van der Waals surface area contributed by atoms with Gasteiger partial charge in [-0.05, 0) is 18.1 Å². The van der Waals surface area contributed by atoms with Crippen LogP contribution in [0.4, 0.5) is 11.5 Å². The Morgan fingerprint density at radius 3 is 2.47 bits per heavy atom. The lowest BCUT2D eigenvalue weighted by molar-refractivity contribution is 0.850. The van der Waals surface area contributed by atoms with Gasteiger partial charge in [0.2, 0.25) is 0 Å². The van der Waals surface area contributed by atoms with E-state index < -0.39 is 0 Å². The number of nitrogens with zero attached hydrogens (tertiary/aromatic N) is 2. The predicted octanol–water partition coefficient (Wildman–Crippen LogP) is 4.00. The Morgan fingerprint density at radius 1 is 1.12 bits per heavy atom. The molecule has 88 valence electrons. The van der Waals surface area contributed by atoms with Crippen molar-refractivity contribution in [3.63, 3.8) is 0 Å². The van der Waals surface area contributed by atoms with Crippen LogP contribution in [0.25, 0.3) is 0 Å². The lowest BCUT2D eigenvalue weighted by Gasteiger charge is -2.14. The molecule has 0 saturated carbocycles. The van der Waals surface area contributed by atoms with Crippen LogP contribution >= 0.6 is 11.6 Å². The third-order valence-corrected chi connectivity index (χ3v) is 2.75. The van der Waals surface area contributed by atoms with Crippen molar-refractivity contribution in [2.75, 3.05) is 5.32 Å². The highest BCUT2D eigenvalue weighted by Crippen LogP contribution is 2.29. The molecule has 1 aromatic carbocycles. The summed E-state index contributed by atoms with van der Waals surface area (Å²) in [7, 11) is 0. The van der Waals surface area contributed by atoms with Gasteiger partial charge in [-0.2, -0.15) is 0 Å². The van der Waals surface area contributed by atoms with Gasteiger partial charge in [-0.3, -0.25) is 0 Å². The topological polar surface area (TPSA) is 37.8 Å².